The Morgan fingerprint density at radius 1 is 1.12 bits per heavy atom. The lowest BCUT2D eigenvalue weighted by Gasteiger charge is -2.19. The second kappa shape index (κ2) is 12.7. The quantitative estimate of drug-likeness (QED) is 0.209. The van der Waals surface area contributed by atoms with Crippen LogP contribution in [0.25, 0.3) is 11.4 Å². The van der Waals surface area contributed by atoms with E-state index in [4.69, 9.17) is 11.6 Å². The fourth-order valence-electron chi connectivity index (χ4n) is 2.51. The number of nitrogens with zero attached hydrogens (tertiary/aromatic N) is 2. The van der Waals surface area contributed by atoms with E-state index < -0.39 is 42.4 Å². The summed E-state index contributed by atoms with van der Waals surface area (Å²) in [6, 6.07) is 8.35. The number of nitrogens with one attached hydrogen (secondary N) is 2. The third kappa shape index (κ3) is 9.04. The molecule has 2 atom stereocenters. The summed E-state index contributed by atoms with van der Waals surface area (Å²) in [4.78, 5) is 54.6. The van der Waals surface area contributed by atoms with Crippen molar-refractivity contribution in [2.24, 2.45) is 0 Å². The first-order valence-electron chi connectivity index (χ1n) is 9.69. The molecule has 0 unspecified atom stereocenters. The summed E-state index contributed by atoms with van der Waals surface area (Å²) in [6.07, 6.45) is -0.300. The predicted molar refractivity (Wildman–Crippen MR) is 114 cm³/mol. The van der Waals surface area contributed by atoms with Gasteiger partial charge < -0.3 is 36.2 Å². The van der Waals surface area contributed by atoms with Gasteiger partial charge in [0.2, 0.25) is 11.8 Å². The number of rotatable bonds is 12. The van der Waals surface area contributed by atoms with Gasteiger partial charge in [-0.3, -0.25) is 9.59 Å². The van der Waals surface area contributed by atoms with E-state index >= 15 is 0 Å². The van der Waals surface area contributed by atoms with Gasteiger partial charge in [-0.15, -0.1) is 11.8 Å². The lowest BCUT2D eigenvalue weighted by Crippen LogP contribution is -2.68. The van der Waals surface area contributed by atoms with E-state index in [-0.39, 0.29) is 23.7 Å². The van der Waals surface area contributed by atoms with E-state index in [9.17, 15) is 29.4 Å². The van der Waals surface area contributed by atoms with Crippen molar-refractivity contribution in [3.8, 4) is 11.4 Å². The molecule has 0 aliphatic rings. The molecule has 33 heavy (non-hydrogen) atoms. The van der Waals surface area contributed by atoms with Crippen LogP contribution in [-0.2, 0) is 19.2 Å². The van der Waals surface area contributed by atoms with E-state index in [1.165, 1.54) is 6.07 Å². The molecule has 0 spiro atoms. The number of amides is 2. The molecule has 0 aliphatic heterocycles. The van der Waals surface area contributed by atoms with Crippen molar-refractivity contribution in [2.45, 2.75) is 30.0 Å². The predicted octanol–water partition coefficient (Wildman–Crippen LogP) is -2.62. The molecule has 0 saturated heterocycles. The van der Waals surface area contributed by atoms with Gasteiger partial charge in [-0.1, -0.05) is 41.9 Å². The summed E-state index contributed by atoms with van der Waals surface area (Å²) in [5.74, 6) is -3.89. The Balaban J connectivity index is 2.10. The Morgan fingerprint density at radius 3 is 2.45 bits per heavy atom. The maximum atomic E-state index is 12.4. The average molecular weight is 495 g/mol. The average Bonchev–Trinajstić information content (AvgIpc) is 2.78. The fourth-order valence-corrected chi connectivity index (χ4v) is 3.68. The van der Waals surface area contributed by atoms with Crippen LogP contribution in [0.3, 0.4) is 0 Å². The smallest absolute Gasteiger partial charge is 0.243 e. The van der Waals surface area contributed by atoms with Crippen molar-refractivity contribution in [1.29, 1.82) is 0 Å². The van der Waals surface area contributed by atoms with Crippen LogP contribution in [0.1, 0.15) is 12.8 Å². The Bertz CT molecular complexity index is 1010. The monoisotopic (exact) mass is 494 g/mol. The highest BCUT2D eigenvalue weighted by molar-refractivity contribution is 7.99. The molecule has 2 amide bonds. The van der Waals surface area contributed by atoms with Crippen molar-refractivity contribution < 1.29 is 35.1 Å². The van der Waals surface area contributed by atoms with Gasteiger partial charge in [0.25, 0.3) is 0 Å². The topological polar surface area (TPSA) is 192 Å². The summed E-state index contributed by atoms with van der Waals surface area (Å²) in [7, 11) is 0. The van der Waals surface area contributed by atoms with Crippen molar-refractivity contribution in [1.82, 2.24) is 20.6 Å². The lowest BCUT2D eigenvalue weighted by molar-refractivity contribution is -0.438. The third-order valence-electron chi connectivity index (χ3n) is 4.21. The first kappa shape index (κ1) is 26.0. The van der Waals surface area contributed by atoms with Gasteiger partial charge in [-0.05, 0) is 0 Å². The zero-order valence-electron chi connectivity index (χ0n) is 17.3. The van der Waals surface area contributed by atoms with Crippen molar-refractivity contribution in [3.63, 3.8) is 0 Å². The molecule has 5 N–H and O–H groups in total. The SMILES string of the molecule is [NH3+][C@@H](CCC(=O)N[C@@H](CSc1cc(Cl)nc(-c2ccccc2)n1)C(=O)NCC(=O)[O-])C(=O)[O-]. The van der Waals surface area contributed by atoms with Crippen LogP contribution in [0.15, 0.2) is 41.4 Å². The molecule has 11 nitrogen and oxygen atoms in total. The molecule has 1 aromatic heterocycles. The molecule has 1 aromatic carbocycles. The van der Waals surface area contributed by atoms with E-state index in [1.54, 1.807) is 12.1 Å². The van der Waals surface area contributed by atoms with Crippen LogP contribution >= 0.6 is 23.4 Å². The first-order valence-corrected chi connectivity index (χ1v) is 11.1. The van der Waals surface area contributed by atoms with Crippen LogP contribution in [-0.4, -0.2) is 58.1 Å². The Labute approximate surface area is 198 Å². The lowest BCUT2D eigenvalue weighted by atomic mass is 10.1. The number of hydrogen-bond acceptors (Lipinski definition) is 9. The number of halogens is 1. The third-order valence-corrected chi connectivity index (χ3v) is 5.41. The molecule has 13 heteroatoms. The van der Waals surface area contributed by atoms with Gasteiger partial charge in [0.15, 0.2) is 5.82 Å². The van der Waals surface area contributed by atoms with Gasteiger partial charge in [-0.2, -0.15) is 0 Å². The van der Waals surface area contributed by atoms with Crippen LogP contribution in [0.4, 0.5) is 0 Å². The number of carbonyl (C=O) groups is 4. The van der Waals surface area contributed by atoms with Crippen LogP contribution in [0.2, 0.25) is 5.15 Å². The second-order valence-electron chi connectivity index (χ2n) is 6.79. The molecule has 176 valence electrons. The van der Waals surface area contributed by atoms with Crippen molar-refractivity contribution in [3.05, 3.63) is 41.6 Å². The number of aromatic nitrogens is 2. The van der Waals surface area contributed by atoms with Gasteiger partial charge in [0, 0.05) is 30.2 Å². The minimum atomic E-state index is -1.50. The van der Waals surface area contributed by atoms with Crippen molar-refractivity contribution >= 4 is 47.1 Å². The van der Waals surface area contributed by atoms with Gasteiger partial charge in [-0.25, -0.2) is 9.97 Å². The highest BCUT2D eigenvalue weighted by Crippen LogP contribution is 2.24. The number of thioether (sulfide) groups is 1. The molecular formula is C20H21ClN5O6S-. The number of aliphatic carboxylic acids is 2. The molecule has 1 heterocycles. The first-order chi connectivity index (χ1) is 15.7. The fraction of sp³-hybridized carbons (Fsp3) is 0.300. The second-order valence-corrected chi connectivity index (χ2v) is 8.22. The van der Waals surface area contributed by atoms with Gasteiger partial charge in [0.1, 0.15) is 22.3 Å². The Hall–Kier alpha value is -3.22. The molecule has 2 aromatic rings. The summed E-state index contributed by atoms with van der Waals surface area (Å²) < 4.78 is 0. The van der Waals surface area contributed by atoms with E-state index in [1.807, 2.05) is 18.2 Å². The summed E-state index contributed by atoms with van der Waals surface area (Å²) >= 11 is 7.19. The minimum absolute atomic E-state index is 0.0134. The molecule has 2 rings (SSSR count). The minimum Gasteiger partial charge on any atom is -0.548 e. The van der Waals surface area contributed by atoms with Crippen LogP contribution in [0, 0.1) is 0 Å². The van der Waals surface area contributed by atoms with Gasteiger partial charge >= 0.3 is 0 Å². The maximum Gasteiger partial charge on any atom is 0.243 e. The molecule has 0 bridgehead atoms. The number of carboxylic acid groups (broad SMARTS) is 2. The number of hydrogen-bond donors (Lipinski definition) is 3. The summed E-state index contributed by atoms with van der Waals surface area (Å²) in [5.41, 5.74) is 4.10. The largest absolute Gasteiger partial charge is 0.548 e. The highest BCUT2D eigenvalue weighted by atomic mass is 35.5. The summed E-state index contributed by atoms with van der Waals surface area (Å²) in [6.45, 7) is -0.737. The Kier molecular flexibility index (Phi) is 10.0. The molecular weight excluding hydrogens is 474 g/mol. The number of carboxylic acids is 2. The molecule has 0 radical (unpaired) electrons. The van der Waals surface area contributed by atoms with Crippen molar-refractivity contribution in [2.75, 3.05) is 12.3 Å². The maximum absolute atomic E-state index is 12.4. The number of quaternary nitrogens is 1. The van der Waals surface area contributed by atoms with E-state index in [2.05, 4.69) is 26.3 Å². The summed E-state index contributed by atoms with van der Waals surface area (Å²) in [5, 5.41) is 26.6. The zero-order chi connectivity index (χ0) is 24.4. The van der Waals surface area contributed by atoms with E-state index in [0.29, 0.717) is 10.9 Å². The zero-order valence-corrected chi connectivity index (χ0v) is 18.9. The molecule has 0 saturated carbocycles. The molecule has 0 fully saturated rings. The van der Waals surface area contributed by atoms with E-state index in [0.717, 1.165) is 17.3 Å². The van der Waals surface area contributed by atoms with Crippen LogP contribution in [0.5, 0.6) is 0 Å². The Morgan fingerprint density at radius 2 is 1.82 bits per heavy atom. The highest BCUT2D eigenvalue weighted by Gasteiger charge is 2.22. The normalized spacial score (nSPS) is 12.4. The molecule has 0 aliphatic carbocycles. The van der Waals surface area contributed by atoms with Gasteiger partial charge in [0.05, 0.1) is 18.5 Å². The number of benzene rings is 1. The number of carbonyl (C=O) groups excluding carboxylic acids is 4. The standard InChI is InChI=1S/C20H22ClN5O6S/c21-14-8-16(26-18(25-14)11-4-2-1-3-5-11)33-10-13(19(30)23-9-17(28)29)24-15(27)7-6-12(22)20(31)32/h1-5,8,12-13H,6-7,9-10,22H2,(H,23,30)(H,24,27)(H,28,29)(H,31,32)/p-1/t12-,13-/m0/s1. The van der Waals surface area contributed by atoms with Crippen LogP contribution < -0.4 is 26.6 Å².